The third-order valence-electron chi connectivity index (χ3n) is 2.95. The van der Waals surface area contributed by atoms with E-state index >= 15 is 0 Å². The minimum Gasteiger partial charge on any atom is -0.494 e. The normalized spacial score (nSPS) is 12.6. The molecule has 0 aromatic heterocycles. The summed E-state index contributed by atoms with van der Waals surface area (Å²) in [6.45, 7) is 7.65. The SMILES string of the molecule is CCOc1ccc(NC(=O)[C@H](N)C(C)(C)C)c([N+](=O)[O-])c1. The molecule has 0 radical (unpaired) electrons. The topological polar surface area (TPSA) is 107 Å². The average Bonchev–Trinajstić information content (AvgIpc) is 2.38. The number of amides is 1. The van der Waals surface area contributed by atoms with Gasteiger partial charge in [0.1, 0.15) is 11.4 Å². The second-order valence-corrected chi connectivity index (χ2v) is 5.70. The highest BCUT2D eigenvalue weighted by atomic mass is 16.6. The number of benzene rings is 1. The molecule has 0 saturated carbocycles. The van der Waals surface area contributed by atoms with Gasteiger partial charge in [0.2, 0.25) is 5.91 Å². The largest absolute Gasteiger partial charge is 0.494 e. The molecule has 3 N–H and O–H groups in total. The zero-order valence-corrected chi connectivity index (χ0v) is 12.7. The lowest BCUT2D eigenvalue weighted by atomic mass is 9.87. The van der Waals surface area contributed by atoms with E-state index in [2.05, 4.69) is 5.32 Å². The fraction of sp³-hybridized carbons (Fsp3) is 0.500. The Morgan fingerprint density at radius 2 is 2.10 bits per heavy atom. The maximum absolute atomic E-state index is 12.1. The van der Waals surface area contributed by atoms with E-state index < -0.39 is 22.3 Å². The Morgan fingerprint density at radius 1 is 1.48 bits per heavy atom. The predicted molar refractivity (Wildman–Crippen MR) is 80.3 cm³/mol. The molecule has 1 amide bonds. The zero-order chi connectivity index (χ0) is 16.2. The summed E-state index contributed by atoms with van der Waals surface area (Å²) in [5.41, 5.74) is 5.28. The lowest BCUT2D eigenvalue weighted by molar-refractivity contribution is -0.384. The number of anilines is 1. The number of rotatable bonds is 5. The van der Waals surface area contributed by atoms with Gasteiger partial charge in [0, 0.05) is 0 Å². The molecule has 1 aromatic carbocycles. The Labute approximate surface area is 123 Å². The van der Waals surface area contributed by atoms with Crippen molar-refractivity contribution in [1.29, 1.82) is 0 Å². The van der Waals surface area contributed by atoms with E-state index in [0.29, 0.717) is 12.4 Å². The number of nitro groups is 1. The summed E-state index contributed by atoms with van der Waals surface area (Å²) in [6.07, 6.45) is 0. The van der Waals surface area contributed by atoms with Crippen LogP contribution in [-0.4, -0.2) is 23.5 Å². The van der Waals surface area contributed by atoms with E-state index in [0.717, 1.165) is 0 Å². The van der Waals surface area contributed by atoms with Crippen molar-refractivity contribution in [2.45, 2.75) is 33.7 Å². The maximum Gasteiger partial charge on any atom is 0.296 e. The number of carbonyl (C=O) groups excluding carboxylic acids is 1. The molecular formula is C14H21N3O4. The van der Waals surface area contributed by atoms with Crippen LogP contribution < -0.4 is 15.8 Å². The highest BCUT2D eigenvalue weighted by Gasteiger charge is 2.29. The summed E-state index contributed by atoms with van der Waals surface area (Å²) in [7, 11) is 0. The molecule has 7 nitrogen and oxygen atoms in total. The molecule has 1 rings (SSSR count). The van der Waals surface area contributed by atoms with E-state index in [4.69, 9.17) is 10.5 Å². The first-order valence-electron chi connectivity index (χ1n) is 6.64. The van der Waals surface area contributed by atoms with Gasteiger partial charge >= 0.3 is 0 Å². The van der Waals surface area contributed by atoms with Crippen LogP contribution in [0.4, 0.5) is 11.4 Å². The Balaban J connectivity index is 3.03. The Kier molecular flexibility index (Phi) is 5.26. The molecule has 0 bridgehead atoms. The molecule has 7 heteroatoms. The van der Waals surface area contributed by atoms with Gasteiger partial charge in [-0.05, 0) is 24.5 Å². The smallest absolute Gasteiger partial charge is 0.296 e. The van der Waals surface area contributed by atoms with Gasteiger partial charge in [0.05, 0.1) is 23.6 Å². The molecule has 1 atom stereocenters. The third kappa shape index (κ3) is 4.42. The van der Waals surface area contributed by atoms with Gasteiger partial charge in [-0.1, -0.05) is 20.8 Å². The summed E-state index contributed by atoms with van der Waals surface area (Å²) in [5, 5.41) is 13.6. The number of ether oxygens (including phenoxy) is 1. The minimum atomic E-state index is -0.774. The van der Waals surface area contributed by atoms with Crippen molar-refractivity contribution in [2.24, 2.45) is 11.1 Å². The van der Waals surface area contributed by atoms with Gasteiger partial charge in [-0.3, -0.25) is 14.9 Å². The third-order valence-corrected chi connectivity index (χ3v) is 2.95. The lowest BCUT2D eigenvalue weighted by Crippen LogP contribution is -2.45. The first-order valence-corrected chi connectivity index (χ1v) is 6.64. The first-order chi connectivity index (χ1) is 9.66. The predicted octanol–water partition coefficient (Wildman–Crippen LogP) is 2.31. The summed E-state index contributed by atoms with van der Waals surface area (Å²) >= 11 is 0. The van der Waals surface area contributed by atoms with Crippen LogP contribution in [-0.2, 0) is 4.79 Å². The molecule has 0 aliphatic carbocycles. The van der Waals surface area contributed by atoms with Crippen molar-refractivity contribution in [2.75, 3.05) is 11.9 Å². The number of nitrogens with zero attached hydrogens (tertiary/aromatic N) is 1. The molecule has 0 spiro atoms. The lowest BCUT2D eigenvalue weighted by Gasteiger charge is -2.25. The number of nitro benzene ring substituents is 1. The fourth-order valence-corrected chi connectivity index (χ4v) is 1.63. The monoisotopic (exact) mass is 295 g/mol. The number of hydrogen-bond acceptors (Lipinski definition) is 5. The highest BCUT2D eigenvalue weighted by Crippen LogP contribution is 2.30. The second-order valence-electron chi connectivity index (χ2n) is 5.70. The molecular weight excluding hydrogens is 274 g/mol. The highest BCUT2D eigenvalue weighted by molar-refractivity contribution is 5.97. The van der Waals surface area contributed by atoms with Gasteiger partial charge in [0.25, 0.3) is 5.69 Å². The van der Waals surface area contributed by atoms with Gasteiger partial charge in [-0.2, -0.15) is 0 Å². The maximum atomic E-state index is 12.1. The van der Waals surface area contributed by atoms with Crippen molar-refractivity contribution in [3.05, 3.63) is 28.3 Å². The molecule has 0 heterocycles. The standard InChI is InChI=1S/C14H21N3O4/c1-5-21-9-6-7-10(11(8-9)17(19)20)16-13(18)12(15)14(2,3)4/h6-8,12H,5,15H2,1-4H3,(H,16,18)/t12-/m0/s1. The van der Waals surface area contributed by atoms with Gasteiger partial charge in [-0.15, -0.1) is 0 Å². The Bertz CT molecular complexity index is 538. The fourth-order valence-electron chi connectivity index (χ4n) is 1.63. The number of nitrogens with two attached hydrogens (primary N) is 1. The van der Waals surface area contributed by atoms with Crippen LogP contribution in [0.3, 0.4) is 0 Å². The van der Waals surface area contributed by atoms with Crippen molar-refractivity contribution < 1.29 is 14.5 Å². The summed E-state index contributed by atoms with van der Waals surface area (Å²) < 4.78 is 5.22. The van der Waals surface area contributed by atoms with E-state index in [1.165, 1.54) is 12.1 Å². The molecule has 0 aliphatic rings. The van der Waals surface area contributed by atoms with E-state index in [1.807, 2.05) is 20.8 Å². The van der Waals surface area contributed by atoms with Gasteiger partial charge in [-0.25, -0.2) is 0 Å². The van der Waals surface area contributed by atoms with Crippen molar-refractivity contribution in [3.63, 3.8) is 0 Å². The zero-order valence-electron chi connectivity index (χ0n) is 12.7. The Hall–Kier alpha value is -2.15. The van der Waals surface area contributed by atoms with E-state index in [9.17, 15) is 14.9 Å². The average molecular weight is 295 g/mol. The number of carbonyl (C=O) groups is 1. The quantitative estimate of drug-likeness (QED) is 0.640. The molecule has 0 saturated heterocycles. The van der Waals surface area contributed by atoms with Gasteiger partial charge in [0.15, 0.2) is 0 Å². The molecule has 0 aliphatic heterocycles. The van der Waals surface area contributed by atoms with E-state index in [1.54, 1.807) is 13.0 Å². The number of nitrogens with one attached hydrogen (secondary N) is 1. The second kappa shape index (κ2) is 6.53. The number of hydrogen-bond donors (Lipinski definition) is 2. The molecule has 0 unspecified atom stereocenters. The van der Waals surface area contributed by atoms with Crippen molar-refractivity contribution >= 4 is 17.3 Å². The molecule has 1 aromatic rings. The van der Waals surface area contributed by atoms with Crippen LogP contribution in [0.25, 0.3) is 0 Å². The van der Waals surface area contributed by atoms with Crippen molar-refractivity contribution in [3.8, 4) is 5.75 Å². The minimum absolute atomic E-state index is 0.105. The molecule has 21 heavy (non-hydrogen) atoms. The van der Waals surface area contributed by atoms with Crippen LogP contribution in [0, 0.1) is 15.5 Å². The van der Waals surface area contributed by atoms with E-state index in [-0.39, 0.29) is 11.4 Å². The summed E-state index contributed by atoms with van der Waals surface area (Å²) in [4.78, 5) is 22.6. The van der Waals surface area contributed by atoms with Crippen LogP contribution >= 0.6 is 0 Å². The molecule has 116 valence electrons. The summed E-state index contributed by atoms with van der Waals surface area (Å²) in [5.74, 6) is -0.0860. The van der Waals surface area contributed by atoms with Crippen LogP contribution in [0.2, 0.25) is 0 Å². The van der Waals surface area contributed by atoms with Crippen molar-refractivity contribution in [1.82, 2.24) is 0 Å². The van der Waals surface area contributed by atoms with Crippen LogP contribution in [0.5, 0.6) is 5.75 Å². The summed E-state index contributed by atoms with van der Waals surface area (Å²) in [6, 6.07) is 3.51. The van der Waals surface area contributed by atoms with Gasteiger partial charge < -0.3 is 15.8 Å². The molecule has 0 fully saturated rings. The Morgan fingerprint density at radius 3 is 2.57 bits per heavy atom. The first kappa shape index (κ1) is 16.9. The van der Waals surface area contributed by atoms with Crippen LogP contribution in [0.15, 0.2) is 18.2 Å². The van der Waals surface area contributed by atoms with Crippen LogP contribution in [0.1, 0.15) is 27.7 Å².